The zero-order valence-electron chi connectivity index (χ0n) is 13.4. The first kappa shape index (κ1) is 15.0. The maximum Gasteiger partial charge on any atom is 0.0991 e. The summed E-state index contributed by atoms with van der Waals surface area (Å²) in [6.07, 6.45) is 9.67. The molecule has 1 atom stereocenters. The molecule has 1 fully saturated rings. The van der Waals surface area contributed by atoms with E-state index in [1.54, 1.807) is 29.6 Å². The van der Waals surface area contributed by atoms with Crippen molar-refractivity contribution >= 4 is 0 Å². The lowest BCUT2D eigenvalue weighted by Crippen LogP contribution is -2.37. The molecule has 7 nitrogen and oxygen atoms in total. The Morgan fingerprint density at radius 1 is 1.12 bits per heavy atom. The summed E-state index contributed by atoms with van der Waals surface area (Å²) in [5.74, 6) is 0. The van der Waals surface area contributed by atoms with Crippen LogP contribution in [0.2, 0.25) is 0 Å². The van der Waals surface area contributed by atoms with Gasteiger partial charge in [-0.25, -0.2) is 9.67 Å². The second-order valence-corrected chi connectivity index (χ2v) is 6.42. The van der Waals surface area contributed by atoms with Crippen molar-refractivity contribution in [1.29, 1.82) is 0 Å². The van der Waals surface area contributed by atoms with Crippen LogP contribution in [0.5, 0.6) is 0 Å². The predicted octanol–water partition coefficient (Wildman–Crippen LogP) is 1.10. The summed E-state index contributed by atoms with van der Waals surface area (Å²) in [5.41, 5.74) is 1.61. The largest absolute Gasteiger partial charge is 0.387 e. The van der Waals surface area contributed by atoms with Crippen molar-refractivity contribution in [3.63, 3.8) is 0 Å². The van der Waals surface area contributed by atoms with Gasteiger partial charge in [0.1, 0.15) is 0 Å². The molecular weight excluding hydrogens is 304 g/mol. The standard InChI is InChI=1S/C17H20N6O/c24-17(13-23-10-7-19-20-23)5-8-21(12-17)11-15-1-3-16(4-2-15)22-9-6-18-14-22/h1-4,6-7,9-10,14,24H,5,8,11-13H2. The van der Waals surface area contributed by atoms with Crippen LogP contribution in [0.3, 0.4) is 0 Å². The van der Waals surface area contributed by atoms with Crippen molar-refractivity contribution in [1.82, 2.24) is 29.4 Å². The smallest absolute Gasteiger partial charge is 0.0991 e. The van der Waals surface area contributed by atoms with Gasteiger partial charge in [-0.3, -0.25) is 4.90 Å². The monoisotopic (exact) mass is 324 g/mol. The third-order valence-corrected chi connectivity index (χ3v) is 4.48. The van der Waals surface area contributed by atoms with Crippen molar-refractivity contribution in [2.75, 3.05) is 13.1 Å². The second kappa shape index (κ2) is 6.18. The van der Waals surface area contributed by atoms with Crippen molar-refractivity contribution in [2.24, 2.45) is 0 Å². The van der Waals surface area contributed by atoms with Crippen LogP contribution in [0.1, 0.15) is 12.0 Å². The van der Waals surface area contributed by atoms with E-state index in [0.717, 1.165) is 25.2 Å². The molecule has 1 aromatic carbocycles. The SMILES string of the molecule is OC1(Cn2ccnn2)CCN(Cc2ccc(-n3ccnc3)cc2)C1. The van der Waals surface area contributed by atoms with Crippen molar-refractivity contribution in [3.05, 3.63) is 60.9 Å². The fourth-order valence-electron chi connectivity index (χ4n) is 3.27. The van der Waals surface area contributed by atoms with Gasteiger partial charge in [-0.1, -0.05) is 17.3 Å². The molecule has 24 heavy (non-hydrogen) atoms. The van der Waals surface area contributed by atoms with Crippen LogP contribution in [0, 0.1) is 0 Å². The number of imidazole rings is 1. The molecule has 1 saturated heterocycles. The average Bonchev–Trinajstić information content (AvgIpc) is 3.31. The van der Waals surface area contributed by atoms with Crippen molar-refractivity contribution < 1.29 is 5.11 Å². The van der Waals surface area contributed by atoms with Crippen LogP contribution in [0.15, 0.2) is 55.4 Å². The van der Waals surface area contributed by atoms with Gasteiger partial charge in [0.25, 0.3) is 0 Å². The van der Waals surface area contributed by atoms with E-state index in [9.17, 15) is 5.11 Å². The molecule has 0 aliphatic carbocycles. The lowest BCUT2D eigenvalue weighted by Gasteiger charge is -2.23. The van der Waals surface area contributed by atoms with Crippen molar-refractivity contribution in [2.45, 2.75) is 25.1 Å². The van der Waals surface area contributed by atoms with E-state index in [2.05, 4.69) is 44.5 Å². The highest BCUT2D eigenvalue weighted by atomic mass is 16.3. The highest BCUT2D eigenvalue weighted by Crippen LogP contribution is 2.24. The van der Waals surface area contributed by atoms with Crippen LogP contribution in [0.25, 0.3) is 5.69 Å². The number of likely N-dealkylation sites (tertiary alicyclic amines) is 1. The minimum absolute atomic E-state index is 0.489. The van der Waals surface area contributed by atoms with Gasteiger partial charge in [-0.2, -0.15) is 0 Å². The molecule has 1 N–H and O–H groups in total. The third-order valence-electron chi connectivity index (χ3n) is 4.48. The molecule has 0 bridgehead atoms. The first-order valence-electron chi connectivity index (χ1n) is 8.06. The summed E-state index contributed by atoms with van der Waals surface area (Å²) >= 11 is 0. The summed E-state index contributed by atoms with van der Waals surface area (Å²) in [4.78, 5) is 6.35. The van der Waals surface area contributed by atoms with E-state index in [-0.39, 0.29) is 0 Å². The van der Waals surface area contributed by atoms with E-state index in [0.29, 0.717) is 13.1 Å². The summed E-state index contributed by atoms with van der Waals surface area (Å²) in [5, 5.41) is 18.5. The third kappa shape index (κ3) is 3.22. The highest BCUT2D eigenvalue weighted by molar-refractivity contribution is 5.34. The Kier molecular flexibility index (Phi) is 3.87. The number of rotatable bonds is 5. The van der Waals surface area contributed by atoms with Gasteiger partial charge in [0.2, 0.25) is 0 Å². The molecule has 0 amide bonds. The van der Waals surface area contributed by atoms with Gasteiger partial charge >= 0.3 is 0 Å². The second-order valence-electron chi connectivity index (χ2n) is 6.42. The van der Waals surface area contributed by atoms with E-state index < -0.39 is 5.60 Å². The number of hydrogen-bond donors (Lipinski definition) is 1. The van der Waals surface area contributed by atoms with Crippen LogP contribution < -0.4 is 0 Å². The van der Waals surface area contributed by atoms with Gasteiger partial charge in [-0.05, 0) is 24.1 Å². The van der Waals surface area contributed by atoms with Gasteiger partial charge in [0, 0.05) is 43.9 Å². The number of β-amino-alcohol motifs (C(OH)–C–C–N with tert-alkyl or cyclic N) is 1. The maximum absolute atomic E-state index is 10.7. The van der Waals surface area contributed by atoms with E-state index in [4.69, 9.17) is 0 Å². The molecule has 7 heteroatoms. The molecule has 0 radical (unpaired) electrons. The zero-order chi connectivity index (χ0) is 16.4. The van der Waals surface area contributed by atoms with Crippen molar-refractivity contribution in [3.8, 4) is 5.69 Å². The molecule has 124 valence electrons. The normalized spacial score (nSPS) is 21.4. The Labute approximate surface area is 140 Å². The van der Waals surface area contributed by atoms with Gasteiger partial charge in [-0.15, -0.1) is 5.10 Å². The predicted molar refractivity (Wildman–Crippen MR) is 88.4 cm³/mol. The summed E-state index contributed by atoms with van der Waals surface area (Å²) in [7, 11) is 0. The summed E-state index contributed by atoms with van der Waals surface area (Å²) < 4.78 is 3.68. The Balaban J connectivity index is 1.38. The minimum atomic E-state index is -0.732. The maximum atomic E-state index is 10.7. The quantitative estimate of drug-likeness (QED) is 0.761. The number of nitrogens with zero attached hydrogens (tertiary/aromatic N) is 6. The number of aliphatic hydroxyl groups is 1. The van der Waals surface area contributed by atoms with Crippen LogP contribution >= 0.6 is 0 Å². The fourth-order valence-corrected chi connectivity index (χ4v) is 3.27. The molecule has 4 rings (SSSR count). The first-order valence-corrected chi connectivity index (χ1v) is 8.06. The Morgan fingerprint density at radius 3 is 2.71 bits per heavy atom. The molecule has 3 aromatic rings. The van der Waals surface area contributed by atoms with E-state index >= 15 is 0 Å². The molecule has 0 saturated carbocycles. The topological polar surface area (TPSA) is 72.0 Å². The Morgan fingerprint density at radius 2 is 2.00 bits per heavy atom. The van der Waals surface area contributed by atoms with Gasteiger partial charge < -0.3 is 9.67 Å². The molecule has 1 aliphatic heterocycles. The molecule has 1 unspecified atom stereocenters. The fraction of sp³-hybridized carbons (Fsp3) is 0.353. The summed E-state index contributed by atoms with van der Waals surface area (Å²) in [6, 6.07) is 8.44. The molecule has 2 aromatic heterocycles. The lowest BCUT2D eigenvalue weighted by atomic mass is 10.0. The zero-order valence-corrected chi connectivity index (χ0v) is 13.4. The molecule has 1 aliphatic rings. The van der Waals surface area contributed by atoms with E-state index in [1.165, 1.54) is 5.56 Å². The number of aromatic nitrogens is 5. The average molecular weight is 324 g/mol. The Bertz CT molecular complexity index is 768. The lowest BCUT2D eigenvalue weighted by molar-refractivity contribution is 0.0274. The number of benzene rings is 1. The molecule has 0 spiro atoms. The Hall–Kier alpha value is -2.51. The first-order chi connectivity index (χ1) is 11.7. The van der Waals surface area contributed by atoms with E-state index in [1.807, 2.05) is 10.8 Å². The van der Waals surface area contributed by atoms with Gasteiger partial charge in [0.15, 0.2) is 0 Å². The summed E-state index contributed by atoms with van der Waals surface area (Å²) in [6.45, 7) is 2.86. The van der Waals surface area contributed by atoms with Crippen LogP contribution in [-0.2, 0) is 13.1 Å². The molecule has 3 heterocycles. The van der Waals surface area contributed by atoms with Crippen LogP contribution in [0.4, 0.5) is 0 Å². The number of hydrogen-bond acceptors (Lipinski definition) is 5. The van der Waals surface area contributed by atoms with Crippen LogP contribution in [-0.4, -0.2) is 53.2 Å². The highest BCUT2D eigenvalue weighted by Gasteiger charge is 2.36. The minimum Gasteiger partial charge on any atom is -0.387 e. The van der Waals surface area contributed by atoms with Gasteiger partial charge in [0.05, 0.1) is 24.7 Å². The molecular formula is C17H20N6O.